The molecular weight excluding hydrogens is 558 g/mol. The van der Waals surface area contributed by atoms with Gasteiger partial charge in [0.15, 0.2) is 0 Å². The van der Waals surface area contributed by atoms with Gasteiger partial charge in [-0.05, 0) is 42.9 Å². The van der Waals surface area contributed by atoms with Crippen molar-refractivity contribution in [2.24, 2.45) is 5.92 Å². The van der Waals surface area contributed by atoms with Crippen LogP contribution in [0, 0.1) is 5.92 Å². The molecule has 2 amide bonds. The van der Waals surface area contributed by atoms with Crippen molar-refractivity contribution in [3.63, 3.8) is 0 Å². The second-order valence-electron chi connectivity index (χ2n) is 9.83. The fraction of sp³-hybridized carbons (Fsp3) is 0.538. The lowest BCUT2D eigenvalue weighted by atomic mass is 9.96. The number of nitrogens with zero attached hydrogens (tertiary/aromatic N) is 4. The van der Waals surface area contributed by atoms with Crippen LogP contribution in [0.2, 0.25) is 0 Å². The number of carboxylic acids is 1. The highest BCUT2D eigenvalue weighted by atomic mass is 32.2. The van der Waals surface area contributed by atoms with Crippen molar-refractivity contribution < 1.29 is 33.8 Å². The molecule has 3 heterocycles. The Balaban J connectivity index is 1.46. The average molecular weight is 592 g/mol. The standard InChI is InChI=1S/C26H33N5O7S2/c1-5-9-38-16-8-6-7-15(10-16)11-18(32)28-19-22(33)31-20(24(34)35)17(12-39-23(19)31)21(14(2)3)40-25-27-13-30(29-25)26(36)37-4/h8,10,13-14,19,21,23H,5-7,9,11-12H2,1-4H3,(H,28,32)(H,34,35). The van der Waals surface area contributed by atoms with Gasteiger partial charge in [0.2, 0.25) is 11.1 Å². The van der Waals surface area contributed by atoms with E-state index in [4.69, 9.17) is 4.74 Å². The van der Waals surface area contributed by atoms with Crippen LogP contribution in [0.1, 0.15) is 46.5 Å². The van der Waals surface area contributed by atoms with E-state index in [0.29, 0.717) is 17.9 Å². The number of allylic oxidation sites excluding steroid dienone is 2. The fourth-order valence-corrected chi connectivity index (χ4v) is 7.28. The Hall–Kier alpha value is -3.26. The lowest BCUT2D eigenvalue weighted by Gasteiger charge is -2.50. The lowest BCUT2D eigenvalue weighted by molar-refractivity contribution is -0.150. The zero-order chi connectivity index (χ0) is 29.0. The molecule has 12 nitrogen and oxygen atoms in total. The highest BCUT2D eigenvalue weighted by molar-refractivity contribution is 8.01. The van der Waals surface area contributed by atoms with Gasteiger partial charge in [-0.3, -0.25) is 14.5 Å². The quantitative estimate of drug-likeness (QED) is 0.288. The third-order valence-electron chi connectivity index (χ3n) is 6.55. The molecule has 0 bridgehead atoms. The second-order valence-corrected chi connectivity index (χ2v) is 12.0. The molecule has 2 N–H and O–H groups in total. The summed E-state index contributed by atoms with van der Waals surface area (Å²) in [4.78, 5) is 55.6. The minimum absolute atomic E-state index is 0.0348. The van der Waals surface area contributed by atoms with E-state index < -0.39 is 29.4 Å². The van der Waals surface area contributed by atoms with Crippen molar-refractivity contribution in [1.82, 2.24) is 25.0 Å². The predicted octanol–water partition coefficient (Wildman–Crippen LogP) is 3.17. The molecule has 2 aliphatic heterocycles. The number of fused-ring (bicyclic) bond motifs is 1. The van der Waals surface area contributed by atoms with Crippen molar-refractivity contribution in [3.8, 4) is 0 Å². The Morgan fingerprint density at radius 1 is 1.32 bits per heavy atom. The lowest BCUT2D eigenvalue weighted by Crippen LogP contribution is -2.70. The Labute approximate surface area is 240 Å². The van der Waals surface area contributed by atoms with Crippen LogP contribution < -0.4 is 5.32 Å². The normalized spacial score (nSPS) is 21.2. The number of nitrogens with one attached hydrogen (secondary N) is 1. The Bertz CT molecular complexity index is 1270. The van der Waals surface area contributed by atoms with Crippen LogP contribution in [0.4, 0.5) is 4.79 Å². The molecule has 0 radical (unpaired) electrons. The molecule has 0 spiro atoms. The SMILES string of the molecule is CCCOC1=CCCC(CC(=O)NC2C(=O)N3C(C(=O)O)=C(C(Sc4ncn(C(=O)OC)n4)C(C)C)CSC23)=C1. The van der Waals surface area contributed by atoms with Gasteiger partial charge in [-0.25, -0.2) is 14.6 Å². The van der Waals surface area contributed by atoms with E-state index in [9.17, 15) is 24.3 Å². The van der Waals surface area contributed by atoms with Gasteiger partial charge < -0.3 is 19.9 Å². The summed E-state index contributed by atoms with van der Waals surface area (Å²) in [6.45, 7) is 6.51. The van der Waals surface area contributed by atoms with Gasteiger partial charge in [-0.2, -0.15) is 4.68 Å². The molecule has 40 heavy (non-hydrogen) atoms. The van der Waals surface area contributed by atoms with E-state index in [0.717, 1.165) is 35.3 Å². The number of methoxy groups -OCH3 is 1. The zero-order valence-electron chi connectivity index (χ0n) is 22.8. The number of hydrogen-bond acceptors (Lipinski definition) is 10. The highest BCUT2D eigenvalue weighted by Crippen LogP contribution is 2.45. The number of thioether (sulfide) groups is 2. The molecule has 4 rings (SSSR count). The molecule has 3 aliphatic rings. The Kier molecular flexibility index (Phi) is 9.61. The van der Waals surface area contributed by atoms with Crippen LogP contribution in [0.25, 0.3) is 0 Å². The van der Waals surface area contributed by atoms with Crippen molar-refractivity contribution >= 4 is 47.4 Å². The van der Waals surface area contributed by atoms with Gasteiger partial charge in [0, 0.05) is 17.4 Å². The van der Waals surface area contributed by atoms with Gasteiger partial charge in [-0.15, -0.1) is 16.9 Å². The number of hydrogen-bond donors (Lipinski definition) is 2. The van der Waals surface area contributed by atoms with Crippen LogP contribution in [-0.4, -0.2) is 84.8 Å². The minimum atomic E-state index is -1.21. The minimum Gasteiger partial charge on any atom is -0.494 e. The van der Waals surface area contributed by atoms with Gasteiger partial charge in [0.05, 0.1) is 13.7 Å². The summed E-state index contributed by atoms with van der Waals surface area (Å²) in [6.07, 6.45) is 7.00. The number of rotatable bonds is 11. The number of amides is 2. The number of β-lactam (4-membered cyclic amide) rings is 1. The first-order valence-electron chi connectivity index (χ1n) is 13.0. The number of aliphatic carboxylic acids is 1. The summed E-state index contributed by atoms with van der Waals surface area (Å²) in [5, 5.41) is 16.5. The van der Waals surface area contributed by atoms with Crippen molar-refractivity contribution in [2.45, 2.75) is 68.3 Å². The first-order chi connectivity index (χ1) is 19.1. The summed E-state index contributed by atoms with van der Waals surface area (Å²) in [5.41, 5.74) is 1.43. The molecule has 3 unspecified atom stereocenters. The number of carbonyl (C=O) groups excluding carboxylic acids is 3. The summed E-state index contributed by atoms with van der Waals surface area (Å²) < 4.78 is 11.3. The van der Waals surface area contributed by atoms with E-state index in [2.05, 4.69) is 20.1 Å². The van der Waals surface area contributed by atoms with Gasteiger partial charge in [0.25, 0.3) is 5.91 Å². The highest BCUT2D eigenvalue weighted by Gasteiger charge is 2.55. The van der Waals surface area contributed by atoms with Crippen LogP contribution in [0.5, 0.6) is 0 Å². The van der Waals surface area contributed by atoms with Crippen LogP contribution in [-0.2, 0) is 23.9 Å². The molecule has 0 saturated carbocycles. The molecule has 1 aromatic heterocycles. The summed E-state index contributed by atoms with van der Waals surface area (Å²) in [7, 11) is 1.23. The predicted molar refractivity (Wildman–Crippen MR) is 148 cm³/mol. The Morgan fingerprint density at radius 3 is 2.77 bits per heavy atom. The van der Waals surface area contributed by atoms with E-state index in [1.807, 2.05) is 32.9 Å². The summed E-state index contributed by atoms with van der Waals surface area (Å²) in [6, 6.07) is -0.800. The van der Waals surface area contributed by atoms with Crippen molar-refractivity contribution in [2.75, 3.05) is 19.5 Å². The van der Waals surface area contributed by atoms with Gasteiger partial charge in [-0.1, -0.05) is 38.1 Å². The molecule has 3 atom stereocenters. The van der Waals surface area contributed by atoms with Crippen LogP contribution in [0.3, 0.4) is 0 Å². The average Bonchev–Trinajstić information content (AvgIpc) is 3.41. The number of carboxylic acid groups (broad SMARTS) is 1. The summed E-state index contributed by atoms with van der Waals surface area (Å²) in [5.74, 6) is -0.867. The molecule has 1 saturated heterocycles. The molecular formula is C26H33N5O7S2. The fourth-order valence-electron chi connectivity index (χ4n) is 4.69. The van der Waals surface area contributed by atoms with Gasteiger partial charge in [0.1, 0.15) is 29.2 Å². The third-order valence-corrected chi connectivity index (χ3v) is 9.33. The molecule has 1 aromatic rings. The van der Waals surface area contributed by atoms with E-state index in [1.165, 1.54) is 41.9 Å². The van der Waals surface area contributed by atoms with Crippen LogP contribution in [0.15, 0.2) is 46.2 Å². The zero-order valence-corrected chi connectivity index (χ0v) is 24.4. The maximum Gasteiger partial charge on any atom is 0.435 e. The third kappa shape index (κ3) is 6.38. The van der Waals surface area contributed by atoms with E-state index in [1.54, 1.807) is 0 Å². The van der Waals surface area contributed by atoms with Crippen molar-refractivity contribution in [3.05, 3.63) is 41.1 Å². The largest absolute Gasteiger partial charge is 0.494 e. The summed E-state index contributed by atoms with van der Waals surface area (Å²) >= 11 is 2.64. The first-order valence-corrected chi connectivity index (χ1v) is 15.0. The number of carbonyl (C=O) groups is 4. The number of aromatic nitrogens is 3. The first kappa shape index (κ1) is 29.7. The second kappa shape index (κ2) is 12.9. The molecule has 216 valence electrons. The van der Waals surface area contributed by atoms with E-state index in [-0.39, 0.29) is 34.3 Å². The maximum absolute atomic E-state index is 13.2. The van der Waals surface area contributed by atoms with E-state index >= 15 is 0 Å². The van der Waals surface area contributed by atoms with Gasteiger partial charge >= 0.3 is 12.1 Å². The smallest absolute Gasteiger partial charge is 0.435 e. The number of ether oxygens (including phenoxy) is 2. The Morgan fingerprint density at radius 2 is 2.10 bits per heavy atom. The molecule has 14 heteroatoms. The van der Waals surface area contributed by atoms with Crippen LogP contribution >= 0.6 is 23.5 Å². The molecule has 0 aromatic carbocycles. The molecule has 1 aliphatic carbocycles. The monoisotopic (exact) mass is 591 g/mol. The maximum atomic E-state index is 13.2. The topological polar surface area (TPSA) is 153 Å². The molecule has 1 fully saturated rings. The van der Waals surface area contributed by atoms with Crippen molar-refractivity contribution in [1.29, 1.82) is 0 Å².